The third kappa shape index (κ3) is 18.3. The van der Waals surface area contributed by atoms with E-state index in [2.05, 4.69) is 17.1 Å². The third-order valence-corrected chi connectivity index (χ3v) is 8.98. The van der Waals surface area contributed by atoms with E-state index in [1.165, 1.54) is 101 Å². The van der Waals surface area contributed by atoms with E-state index in [0.29, 0.717) is 13.2 Å². The molecule has 0 aromatic heterocycles. The minimum absolute atomic E-state index is 0.0680. The minimum Gasteiger partial charge on any atom is -0.379 e. The van der Waals surface area contributed by atoms with E-state index in [4.69, 9.17) is 9.57 Å². The van der Waals surface area contributed by atoms with Gasteiger partial charge in [0.05, 0.1) is 19.8 Å². The van der Waals surface area contributed by atoms with Crippen LogP contribution in [0.2, 0.25) is 0 Å². The van der Waals surface area contributed by atoms with Crippen LogP contribution >= 0.6 is 0 Å². The topological polar surface area (TPSA) is 74.4 Å². The Hall–Kier alpha value is -1.38. The first-order valence-electron chi connectivity index (χ1n) is 17.9. The van der Waals surface area contributed by atoms with Crippen LogP contribution in [0.3, 0.4) is 0 Å². The van der Waals surface area contributed by atoms with Crippen molar-refractivity contribution in [3.05, 3.63) is 0 Å². The Morgan fingerprint density at radius 3 is 2.02 bits per heavy atom. The molecule has 246 valence electrons. The lowest BCUT2D eigenvalue weighted by atomic mass is 10.00. The zero-order chi connectivity index (χ0) is 29.9. The number of unbranched alkanes of at least 4 members (excludes halogenated alkanes) is 15. The molecule has 0 aliphatic carbocycles. The Balaban J connectivity index is 1.43. The average molecular weight is 595 g/mol. The van der Waals surface area contributed by atoms with Crippen LogP contribution in [0.15, 0.2) is 0 Å². The van der Waals surface area contributed by atoms with Crippen molar-refractivity contribution in [2.24, 2.45) is 0 Å². The molecule has 2 heterocycles. The number of carbonyl (C=O) groups excluding carboxylic acids is 2. The van der Waals surface area contributed by atoms with Gasteiger partial charge < -0.3 is 15.0 Å². The van der Waals surface area contributed by atoms with Crippen molar-refractivity contribution in [3.63, 3.8) is 0 Å². The molecule has 1 atom stereocenters. The van der Waals surface area contributed by atoms with Crippen LogP contribution in [0, 0.1) is 0 Å². The van der Waals surface area contributed by atoms with Crippen molar-refractivity contribution >= 4 is 12.4 Å². The highest BCUT2D eigenvalue weighted by Gasteiger charge is 2.26. The fourth-order valence-corrected chi connectivity index (χ4v) is 6.27. The third-order valence-electron chi connectivity index (χ3n) is 8.98. The smallest absolute Gasteiger partial charge is 0.317 e. The van der Waals surface area contributed by atoms with E-state index in [1.807, 2.05) is 4.90 Å². The van der Waals surface area contributed by atoms with Crippen LogP contribution in [0.25, 0.3) is 0 Å². The number of carbonyl (C=O) groups is 2. The largest absolute Gasteiger partial charge is 0.379 e. The van der Waals surface area contributed by atoms with E-state index >= 15 is 0 Å². The summed E-state index contributed by atoms with van der Waals surface area (Å²) < 4.78 is 5.39. The molecule has 42 heavy (non-hydrogen) atoms. The van der Waals surface area contributed by atoms with E-state index in [0.717, 1.165) is 90.9 Å². The first-order chi connectivity index (χ1) is 20.7. The summed E-state index contributed by atoms with van der Waals surface area (Å²) >= 11 is 0. The van der Waals surface area contributed by atoms with Crippen molar-refractivity contribution in [1.29, 1.82) is 0 Å². The number of hydrogen-bond donors (Lipinski definition) is 1. The maximum atomic E-state index is 12.9. The molecule has 2 aliphatic rings. The Morgan fingerprint density at radius 2 is 1.43 bits per heavy atom. The molecular weight excluding hydrogens is 528 g/mol. The Morgan fingerprint density at radius 1 is 0.833 bits per heavy atom. The molecule has 8 nitrogen and oxygen atoms in total. The van der Waals surface area contributed by atoms with Gasteiger partial charge in [0.15, 0.2) is 0 Å². The number of hydrogen-bond acceptors (Lipinski definition) is 5. The number of piperidine rings is 1. The summed E-state index contributed by atoms with van der Waals surface area (Å²) in [6, 6.07) is 0.254. The van der Waals surface area contributed by atoms with Crippen molar-refractivity contribution in [2.75, 3.05) is 59.1 Å². The Bertz CT molecular complexity index is 647. The fraction of sp³-hybridized carbons (Fsp3) is 0.941. The molecule has 2 saturated heterocycles. The van der Waals surface area contributed by atoms with Gasteiger partial charge in [0, 0.05) is 45.3 Å². The van der Waals surface area contributed by atoms with Crippen molar-refractivity contribution in [3.8, 4) is 0 Å². The maximum absolute atomic E-state index is 12.9. The monoisotopic (exact) mass is 595 g/mol. The van der Waals surface area contributed by atoms with Crippen molar-refractivity contribution in [2.45, 2.75) is 148 Å². The van der Waals surface area contributed by atoms with Gasteiger partial charge in [0.2, 0.25) is 6.41 Å². The lowest BCUT2D eigenvalue weighted by Crippen LogP contribution is -2.49. The fourth-order valence-electron chi connectivity index (χ4n) is 6.27. The summed E-state index contributed by atoms with van der Waals surface area (Å²) in [7, 11) is 0. The summed E-state index contributed by atoms with van der Waals surface area (Å²) in [6.45, 7) is 9.36. The lowest BCUT2D eigenvalue weighted by molar-refractivity contribution is -0.174. The quantitative estimate of drug-likeness (QED) is 0.0646. The van der Waals surface area contributed by atoms with Gasteiger partial charge in [-0.15, -0.1) is 0 Å². The highest BCUT2D eigenvalue weighted by molar-refractivity contribution is 5.74. The van der Waals surface area contributed by atoms with Crippen LogP contribution in [-0.4, -0.2) is 92.4 Å². The number of hydroxylamine groups is 2. The number of likely N-dealkylation sites (tertiary alicyclic amines) is 1. The Kier molecular flexibility index (Phi) is 22.8. The van der Waals surface area contributed by atoms with Crippen LogP contribution in [-0.2, 0) is 14.4 Å². The molecule has 2 rings (SSSR count). The van der Waals surface area contributed by atoms with Crippen molar-refractivity contribution < 1.29 is 19.2 Å². The summed E-state index contributed by atoms with van der Waals surface area (Å²) in [4.78, 5) is 34.5. The number of nitrogens with zero attached hydrogens (tertiary/aromatic N) is 3. The van der Waals surface area contributed by atoms with Gasteiger partial charge in [-0.3, -0.25) is 14.5 Å². The molecule has 1 N–H and O–H groups in total. The van der Waals surface area contributed by atoms with Gasteiger partial charge in [-0.2, -0.15) is 0 Å². The molecule has 1 unspecified atom stereocenters. The summed E-state index contributed by atoms with van der Waals surface area (Å²) in [6.07, 6.45) is 27.4. The van der Waals surface area contributed by atoms with E-state index in [1.54, 1.807) is 0 Å². The van der Waals surface area contributed by atoms with E-state index in [-0.39, 0.29) is 12.1 Å². The molecular formula is C34H66N4O4. The molecule has 2 fully saturated rings. The van der Waals surface area contributed by atoms with E-state index < -0.39 is 0 Å². The first kappa shape index (κ1) is 36.8. The van der Waals surface area contributed by atoms with Crippen LogP contribution in [0.4, 0.5) is 4.79 Å². The molecule has 0 saturated carbocycles. The number of ether oxygens (including phenoxy) is 1. The zero-order valence-electron chi connectivity index (χ0n) is 27.3. The minimum atomic E-state index is 0.0680. The van der Waals surface area contributed by atoms with Crippen LogP contribution in [0.5, 0.6) is 0 Å². The number of nitrogens with one attached hydrogen (secondary N) is 1. The molecule has 8 heteroatoms. The van der Waals surface area contributed by atoms with Gasteiger partial charge in [0.25, 0.3) is 0 Å². The standard InChI is InChI=1S/C34H66N4O4/c1-2-3-4-5-6-7-8-9-10-11-12-13-14-15-16-18-23-35-34(40)38-26-19-17-21-33(38)22-29-42-37(32-39)25-20-24-36-27-30-41-31-28-36/h32-33H,2-31H2,1H3,(H,35,40). The molecule has 2 aliphatic heterocycles. The predicted octanol–water partition coefficient (Wildman–Crippen LogP) is 7.31. The summed E-state index contributed by atoms with van der Waals surface area (Å²) in [5.74, 6) is 0. The normalized spacial score (nSPS) is 17.8. The average Bonchev–Trinajstić information content (AvgIpc) is 3.02. The second-order valence-corrected chi connectivity index (χ2v) is 12.6. The molecule has 0 aromatic rings. The first-order valence-corrected chi connectivity index (χ1v) is 17.9. The second-order valence-electron chi connectivity index (χ2n) is 12.6. The highest BCUT2D eigenvalue weighted by atomic mass is 16.7. The summed E-state index contributed by atoms with van der Waals surface area (Å²) in [5.41, 5.74) is 0. The van der Waals surface area contributed by atoms with E-state index in [9.17, 15) is 9.59 Å². The molecule has 0 radical (unpaired) electrons. The molecule has 0 bridgehead atoms. The second kappa shape index (κ2) is 26.1. The summed E-state index contributed by atoms with van der Waals surface area (Å²) in [5, 5.41) is 4.59. The van der Waals surface area contributed by atoms with Gasteiger partial charge in [-0.05, 0) is 38.5 Å². The number of rotatable bonds is 26. The lowest BCUT2D eigenvalue weighted by Gasteiger charge is -2.36. The SMILES string of the molecule is CCCCCCCCCCCCCCCCCCNC(=O)N1CCCCC1CCON(C=O)CCCN1CCOCC1. The van der Waals surface area contributed by atoms with Gasteiger partial charge in [-0.25, -0.2) is 9.86 Å². The number of amides is 3. The number of morpholine rings is 1. The zero-order valence-corrected chi connectivity index (χ0v) is 27.3. The maximum Gasteiger partial charge on any atom is 0.317 e. The van der Waals surface area contributed by atoms with Crippen molar-refractivity contribution in [1.82, 2.24) is 20.2 Å². The number of urea groups is 1. The van der Waals surface area contributed by atoms with Gasteiger partial charge in [0.1, 0.15) is 0 Å². The predicted molar refractivity (Wildman–Crippen MR) is 173 cm³/mol. The Labute approximate surface area is 258 Å². The van der Waals surface area contributed by atoms with Gasteiger partial charge >= 0.3 is 6.03 Å². The van der Waals surface area contributed by atoms with Crippen LogP contribution < -0.4 is 5.32 Å². The molecule has 0 spiro atoms. The van der Waals surface area contributed by atoms with Gasteiger partial charge in [-0.1, -0.05) is 103 Å². The molecule has 3 amide bonds. The highest BCUT2D eigenvalue weighted by Crippen LogP contribution is 2.20. The molecule has 0 aromatic carbocycles. The van der Waals surface area contributed by atoms with Crippen LogP contribution in [0.1, 0.15) is 142 Å².